The van der Waals surface area contributed by atoms with Crippen molar-refractivity contribution in [3.8, 4) is 0 Å². The Kier molecular flexibility index (Phi) is 5.20. The van der Waals surface area contributed by atoms with Crippen molar-refractivity contribution < 1.29 is 23.1 Å². The van der Waals surface area contributed by atoms with E-state index >= 15 is 0 Å². The molecule has 0 heterocycles. The summed E-state index contributed by atoms with van der Waals surface area (Å²) in [5.74, 6) is -1.23. The number of thioether (sulfide) groups is 1. The predicted octanol–water partition coefficient (Wildman–Crippen LogP) is 2.54. The molecule has 1 atom stereocenters. The summed E-state index contributed by atoms with van der Waals surface area (Å²) in [4.78, 5) is 10.4. The van der Waals surface area contributed by atoms with Crippen molar-refractivity contribution in [2.45, 2.75) is 31.2 Å². The van der Waals surface area contributed by atoms with Crippen LogP contribution in [0.5, 0.6) is 0 Å². The molecule has 0 bridgehead atoms. The monoisotopic (exact) mass is 216 g/mol. The first kappa shape index (κ1) is 12.6. The molecular weight excluding hydrogens is 205 g/mol. The minimum absolute atomic E-state index is 0.186. The van der Waals surface area contributed by atoms with Crippen LogP contribution in [0.1, 0.15) is 19.8 Å². The van der Waals surface area contributed by atoms with Crippen molar-refractivity contribution in [3.05, 3.63) is 0 Å². The van der Waals surface area contributed by atoms with Gasteiger partial charge in [-0.3, -0.25) is 4.79 Å². The van der Waals surface area contributed by atoms with Crippen molar-refractivity contribution in [1.82, 2.24) is 0 Å². The van der Waals surface area contributed by atoms with Crippen LogP contribution in [-0.2, 0) is 4.79 Å². The Hall–Kier alpha value is -0.390. The van der Waals surface area contributed by atoms with E-state index in [4.69, 9.17) is 5.11 Å². The lowest BCUT2D eigenvalue weighted by atomic mass is 10.3. The maximum absolute atomic E-state index is 11.7. The molecule has 0 rings (SSSR count). The molecule has 1 N–H and O–H groups in total. The molecule has 0 spiro atoms. The normalized spacial score (nSPS) is 14.2. The van der Waals surface area contributed by atoms with Gasteiger partial charge in [0.1, 0.15) is 5.25 Å². The molecule has 0 radical (unpaired) electrons. The molecule has 0 saturated carbocycles. The molecule has 0 amide bonds. The van der Waals surface area contributed by atoms with Gasteiger partial charge in [-0.15, -0.1) is 11.8 Å². The lowest BCUT2D eigenvalue weighted by Gasteiger charge is -2.10. The molecule has 0 aliphatic carbocycles. The van der Waals surface area contributed by atoms with E-state index in [0.29, 0.717) is 6.42 Å². The van der Waals surface area contributed by atoms with E-state index in [-0.39, 0.29) is 5.75 Å². The maximum Gasteiger partial charge on any atom is 0.389 e. The summed E-state index contributed by atoms with van der Waals surface area (Å²) in [5.41, 5.74) is 0. The largest absolute Gasteiger partial charge is 0.480 e. The first-order valence-corrected chi connectivity index (χ1v) is 4.83. The fourth-order valence-corrected chi connectivity index (χ4v) is 1.69. The average molecular weight is 216 g/mol. The molecule has 0 aromatic heterocycles. The first-order chi connectivity index (χ1) is 5.87. The third kappa shape index (κ3) is 6.74. The third-order valence-electron chi connectivity index (χ3n) is 1.35. The van der Waals surface area contributed by atoms with Crippen LogP contribution in [0.3, 0.4) is 0 Å². The standard InChI is InChI=1S/C7H11F3O2S/c1-2-5(6(11)12)13-4-3-7(8,9)10/h5H,2-4H2,1H3,(H,11,12). The van der Waals surface area contributed by atoms with E-state index in [9.17, 15) is 18.0 Å². The second-order valence-electron chi connectivity index (χ2n) is 2.47. The van der Waals surface area contributed by atoms with Crippen LogP contribution in [0.25, 0.3) is 0 Å². The van der Waals surface area contributed by atoms with Crippen LogP contribution >= 0.6 is 11.8 Å². The SMILES string of the molecule is CCC(SCCC(F)(F)F)C(=O)O. The zero-order chi connectivity index (χ0) is 10.5. The molecular formula is C7H11F3O2S. The first-order valence-electron chi connectivity index (χ1n) is 3.78. The van der Waals surface area contributed by atoms with Gasteiger partial charge in [0.15, 0.2) is 0 Å². The number of hydrogen-bond donors (Lipinski definition) is 1. The molecule has 0 aromatic rings. The molecule has 0 fully saturated rings. The fourth-order valence-electron chi connectivity index (χ4n) is 0.681. The van der Waals surface area contributed by atoms with Crippen molar-refractivity contribution in [1.29, 1.82) is 0 Å². The van der Waals surface area contributed by atoms with Gasteiger partial charge in [0.2, 0.25) is 0 Å². The fraction of sp³-hybridized carbons (Fsp3) is 0.857. The molecule has 0 saturated heterocycles. The number of halogens is 3. The number of aliphatic carboxylic acids is 1. The lowest BCUT2D eigenvalue weighted by molar-refractivity contribution is -0.136. The second kappa shape index (κ2) is 5.36. The van der Waals surface area contributed by atoms with E-state index in [1.54, 1.807) is 6.92 Å². The van der Waals surface area contributed by atoms with Crippen LogP contribution in [0.4, 0.5) is 13.2 Å². The third-order valence-corrected chi connectivity index (χ3v) is 2.73. The van der Waals surface area contributed by atoms with Crippen LogP contribution in [0, 0.1) is 0 Å². The molecule has 1 unspecified atom stereocenters. The Morgan fingerprint density at radius 3 is 2.38 bits per heavy atom. The van der Waals surface area contributed by atoms with Gasteiger partial charge in [0.25, 0.3) is 0 Å². The summed E-state index contributed by atoms with van der Waals surface area (Å²) in [6, 6.07) is 0. The molecule has 78 valence electrons. The Morgan fingerprint density at radius 2 is 2.08 bits per heavy atom. The molecule has 0 aliphatic heterocycles. The number of carboxylic acid groups (broad SMARTS) is 1. The lowest BCUT2D eigenvalue weighted by Crippen LogP contribution is -2.17. The summed E-state index contributed by atoms with van der Waals surface area (Å²) in [6.07, 6.45) is -4.77. The highest BCUT2D eigenvalue weighted by Gasteiger charge is 2.27. The molecule has 0 aliphatic rings. The smallest absolute Gasteiger partial charge is 0.389 e. The zero-order valence-corrected chi connectivity index (χ0v) is 7.91. The van der Waals surface area contributed by atoms with Crippen molar-refractivity contribution >= 4 is 17.7 Å². The van der Waals surface area contributed by atoms with Crippen molar-refractivity contribution in [2.75, 3.05) is 5.75 Å². The van der Waals surface area contributed by atoms with Gasteiger partial charge in [-0.25, -0.2) is 0 Å². The van der Waals surface area contributed by atoms with E-state index in [1.165, 1.54) is 0 Å². The van der Waals surface area contributed by atoms with E-state index in [0.717, 1.165) is 11.8 Å². The quantitative estimate of drug-likeness (QED) is 0.767. The Morgan fingerprint density at radius 1 is 1.54 bits per heavy atom. The van der Waals surface area contributed by atoms with Crippen LogP contribution in [0.15, 0.2) is 0 Å². The van der Waals surface area contributed by atoms with Gasteiger partial charge in [-0.1, -0.05) is 6.92 Å². The van der Waals surface area contributed by atoms with E-state index in [2.05, 4.69) is 0 Å². The Labute approximate surface area is 78.5 Å². The topological polar surface area (TPSA) is 37.3 Å². The van der Waals surface area contributed by atoms with Gasteiger partial charge in [-0.2, -0.15) is 13.2 Å². The van der Waals surface area contributed by atoms with Crippen molar-refractivity contribution in [3.63, 3.8) is 0 Å². The maximum atomic E-state index is 11.7. The van der Waals surface area contributed by atoms with Crippen molar-refractivity contribution in [2.24, 2.45) is 0 Å². The van der Waals surface area contributed by atoms with Gasteiger partial charge in [0.05, 0.1) is 6.42 Å². The number of carboxylic acids is 1. The molecule has 6 heteroatoms. The molecule has 13 heavy (non-hydrogen) atoms. The van der Waals surface area contributed by atoms with E-state index in [1.807, 2.05) is 0 Å². The number of carbonyl (C=O) groups is 1. The van der Waals surface area contributed by atoms with Crippen LogP contribution in [-0.4, -0.2) is 28.3 Å². The highest BCUT2D eigenvalue weighted by Crippen LogP contribution is 2.24. The summed E-state index contributed by atoms with van der Waals surface area (Å²) in [7, 11) is 0. The summed E-state index contributed by atoms with van der Waals surface area (Å²) >= 11 is 0.837. The van der Waals surface area contributed by atoms with Gasteiger partial charge in [0, 0.05) is 5.75 Å². The summed E-state index contributed by atoms with van der Waals surface area (Å²) in [5, 5.41) is 7.78. The van der Waals surface area contributed by atoms with Crippen LogP contribution in [0.2, 0.25) is 0 Å². The Balaban J connectivity index is 3.68. The number of alkyl halides is 3. The number of hydrogen-bond acceptors (Lipinski definition) is 2. The predicted molar refractivity (Wildman–Crippen MR) is 44.8 cm³/mol. The van der Waals surface area contributed by atoms with Gasteiger partial charge in [-0.05, 0) is 6.42 Å². The minimum Gasteiger partial charge on any atom is -0.480 e. The molecule has 2 nitrogen and oxygen atoms in total. The Bertz CT molecular complexity index is 170. The zero-order valence-electron chi connectivity index (χ0n) is 7.10. The van der Waals surface area contributed by atoms with Gasteiger partial charge >= 0.3 is 12.1 Å². The number of rotatable bonds is 5. The minimum atomic E-state index is -4.19. The highest BCUT2D eigenvalue weighted by molar-refractivity contribution is 8.00. The van der Waals surface area contributed by atoms with Crippen LogP contribution < -0.4 is 0 Å². The second-order valence-corrected chi connectivity index (χ2v) is 3.78. The average Bonchev–Trinajstić information content (AvgIpc) is 1.95. The molecule has 0 aromatic carbocycles. The summed E-state index contributed by atoms with van der Waals surface area (Å²) in [6.45, 7) is 1.64. The van der Waals surface area contributed by atoms with E-state index < -0.39 is 23.8 Å². The highest BCUT2D eigenvalue weighted by atomic mass is 32.2. The summed E-state index contributed by atoms with van der Waals surface area (Å²) < 4.78 is 35.0. The van der Waals surface area contributed by atoms with Gasteiger partial charge < -0.3 is 5.11 Å².